The van der Waals surface area contributed by atoms with Gasteiger partial charge in [-0.2, -0.15) is 0 Å². The van der Waals surface area contributed by atoms with Crippen LogP contribution in [0.3, 0.4) is 0 Å². The lowest BCUT2D eigenvalue weighted by molar-refractivity contribution is 0.100. The van der Waals surface area contributed by atoms with E-state index in [9.17, 15) is 9.59 Å². The zero-order valence-corrected chi connectivity index (χ0v) is 10.5. The lowest BCUT2D eigenvalue weighted by Crippen LogP contribution is -2.16. The molecule has 2 heteroatoms. The fraction of sp³-hybridized carbons (Fsp3) is 0.0588. The van der Waals surface area contributed by atoms with Crippen molar-refractivity contribution in [3.05, 3.63) is 76.9 Å². The summed E-state index contributed by atoms with van der Waals surface area (Å²) in [5.41, 5.74) is 3.33. The molecular weight excluding hydrogens is 236 g/mol. The number of aryl methyl sites for hydroxylation is 1. The Morgan fingerprint density at radius 3 is 2.32 bits per heavy atom. The molecule has 0 amide bonds. The quantitative estimate of drug-likeness (QED) is 0.774. The number of carbonyl (C=O) groups excluding carboxylic acids is 2. The lowest BCUT2D eigenvalue weighted by Gasteiger charge is -2.15. The summed E-state index contributed by atoms with van der Waals surface area (Å²) in [7, 11) is 0. The number of hydrogen-bond acceptors (Lipinski definition) is 2. The first-order chi connectivity index (χ1) is 9.16. The number of fused-ring (bicyclic) bond motifs is 1. The molecule has 1 aliphatic carbocycles. The molecule has 0 aromatic heterocycles. The van der Waals surface area contributed by atoms with Crippen LogP contribution in [0.15, 0.2) is 54.6 Å². The molecule has 0 fully saturated rings. The van der Waals surface area contributed by atoms with E-state index in [0.717, 1.165) is 11.1 Å². The van der Waals surface area contributed by atoms with E-state index in [-0.39, 0.29) is 11.6 Å². The molecule has 19 heavy (non-hydrogen) atoms. The third-order valence-corrected chi connectivity index (χ3v) is 3.29. The Labute approximate surface area is 111 Å². The van der Waals surface area contributed by atoms with Gasteiger partial charge < -0.3 is 0 Å². The second-order valence-electron chi connectivity index (χ2n) is 4.67. The minimum absolute atomic E-state index is 0.0826. The highest BCUT2D eigenvalue weighted by Crippen LogP contribution is 2.27. The molecule has 0 N–H and O–H groups in total. The Kier molecular flexibility index (Phi) is 2.64. The van der Waals surface area contributed by atoms with Crippen molar-refractivity contribution in [2.75, 3.05) is 0 Å². The van der Waals surface area contributed by atoms with Gasteiger partial charge in [0.25, 0.3) is 0 Å². The van der Waals surface area contributed by atoms with E-state index in [1.165, 1.54) is 6.08 Å². The minimum Gasteiger partial charge on any atom is -0.289 e. The van der Waals surface area contributed by atoms with Crippen LogP contribution in [0.2, 0.25) is 0 Å². The van der Waals surface area contributed by atoms with Crippen LogP contribution >= 0.6 is 0 Å². The molecule has 1 aliphatic rings. The van der Waals surface area contributed by atoms with Gasteiger partial charge in [0.05, 0.1) is 0 Å². The smallest absolute Gasteiger partial charge is 0.194 e. The molecule has 2 aromatic rings. The first-order valence-electron chi connectivity index (χ1n) is 6.13. The highest BCUT2D eigenvalue weighted by Gasteiger charge is 2.25. The lowest BCUT2D eigenvalue weighted by atomic mass is 9.86. The summed E-state index contributed by atoms with van der Waals surface area (Å²) in [6.07, 6.45) is 1.44. The van der Waals surface area contributed by atoms with Crippen molar-refractivity contribution in [1.29, 1.82) is 0 Å². The van der Waals surface area contributed by atoms with Crippen molar-refractivity contribution in [1.82, 2.24) is 0 Å². The highest BCUT2D eigenvalue weighted by atomic mass is 16.1. The van der Waals surface area contributed by atoms with Gasteiger partial charge in [-0.1, -0.05) is 54.1 Å². The number of hydrogen-bond donors (Lipinski definition) is 0. The Morgan fingerprint density at radius 1 is 0.842 bits per heavy atom. The van der Waals surface area contributed by atoms with Gasteiger partial charge in [0, 0.05) is 16.7 Å². The summed E-state index contributed by atoms with van der Waals surface area (Å²) in [4.78, 5) is 24.5. The Morgan fingerprint density at radius 2 is 1.58 bits per heavy atom. The van der Waals surface area contributed by atoms with Crippen LogP contribution in [0.5, 0.6) is 0 Å². The van der Waals surface area contributed by atoms with Crippen molar-refractivity contribution >= 4 is 17.1 Å². The van der Waals surface area contributed by atoms with E-state index in [4.69, 9.17) is 0 Å². The molecule has 0 aliphatic heterocycles. The predicted molar refractivity (Wildman–Crippen MR) is 74.3 cm³/mol. The molecule has 0 bridgehead atoms. The van der Waals surface area contributed by atoms with Crippen molar-refractivity contribution in [3.8, 4) is 0 Å². The van der Waals surface area contributed by atoms with Gasteiger partial charge in [-0.25, -0.2) is 0 Å². The molecule has 3 rings (SSSR count). The SMILES string of the molecule is Cc1cccc(C2=CC(=O)c3ccccc3C2=O)c1. The summed E-state index contributed by atoms with van der Waals surface area (Å²) in [5, 5.41) is 0. The summed E-state index contributed by atoms with van der Waals surface area (Å²) >= 11 is 0. The van der Waals surface area contributed by atoms with Gasteiger partial charge in [-0.3, -0.25) is 9.59 Å². The zero-order chi connectivity index (χ0) is 13.4. The van der Waals surface area contributed by atoms with Gasteiger partial charge >= 0.3 is 0 Å². The fourth-order valence-corrected chi connectivity index (χ4v) is 2.34. The Hall–Kier alpha value is -2.48. The average Bonchev–Trinajstić information content (AvgIpc) is 2.43. The average molecular weight is 248 g/mol. The van der Waals surface area contributed by atoms with Crippen molar-refractivity contribution < 1.29 is 9.59 Å². The Balaban J connectivity index is 2.16. The van der Waals surface area contributed by atoms with E-state index in [0.29, 0.717) is 16.7 Å². The minimum atomic E-state index is -0.105. The van der Waals surface area contributed by atoms with Gasteiger partial charge in [-0.05, 0) is 18.6 Å². The zero-order valence-electron chi connectivity index (χ0n) is 10.5. The van der Waals surface area contributed by atoms with Gasteiger partial charge in [0.1, 0.15) is 0 Å². The van der Waals surface area contributed by atoms with E-state index >= 15 is 0 Å². The van der Waals surface area contributed by atoms with Gasteiger partial charge in [0.15, 0.2) is 11.6 Å². The van der Waals surface area contributed by atoms with Crippen LogP contribution in [-0.4, -0.2) is 11.6 Å². The van der Waals surface area contributed by atoms with Gasteiger partial charge in [-0.15, -0.1) is 0 Å². The number of allylic oxidation sites excluding steroid dienone is 2. The van der Waals surface area contributed by atoms with E-state index < -0.39 is 0 Å². The molecule has 0 unspecified atom stereocenters. The summed E-state index contributed by atoms with van der Waals surface area (Å²) in [6, 6.07) is 14.6. The van der Waals surface area contributed by atoms with Crippen LogP contribution in [0.1, 0.15) is 31.8 Å². The molecule has 0 spiro atoms. The number of benzene rings is 2. The maximum Gasteiger partial charge on any atom is 0.194 e. The Bertz CT molecular complexity index is 724. The molecule has 0 saturated carbocycles. The van der Waals surface area contributed by atoms with Crippen LogP contribution in [0.25, 0.3) is 5.57 Å². The van der Waals surface area contributed by atoms with Crippen molar-refractivity contribution in [2.24, 2.45) is 0 Å². The molecule has 0 atom stereocenters. The molecule has 2 aromatic carbocycles. The van der Waals surface area contributed by atoms with Crippen LogP contribution in [-0.2, 0) is 0 Å². The number of rotatable bonds is 1. The van der Waals surface area contributed by atoms with Gasteiger partial charge in [0.2, 0.25) is 0 Å². The molecule has 0 saturated heterocycles. The number of Topliss-reactive ketones (excluding diaryl/α,β-unsaturated/α-hetero) is 1. The molecule has 0 radical (unpaired) electrons. The third-order valence-electron chi connectivity index (χ3n) is 3.29. The summed E-state index contributed by atoms with van der Waals surface area (Å²) < 4.78 is 0. The molecular formula is C17H12O2. The largest absolute Gasteiger partial charge is 0.289 e. The fourth-order valence-electron chi connectivity index (χ4n) is 2.34. The first-order valence-corrected chi connectivity index (χ1v) is 6.13. The second-order valence-corrected chi connectivity index (χ2v) is 4.67. The van der Waals surface area contributed by atoms with E-state index in [1.807, 2.05) is 31.2 Å². The number of ketones is 2. The van der Waals surface area contributed by atoms with E-state index in [1.54, 1.807) is 24.3 Å². The molecule has 92 valence electrons. The van der Waals surface area contributed by atoms with Crippen LogP contribution in [0.4, 0.5) is 0 Å². The topological polar surface area (TPSA) is 34.1 Å². The second kappa shape index (κ2) is 4.32. The first kappa shape index (κ1) is 11.6. The monoisotopic (exact) mass is 248 g/mol. The van der Waals surface area contributed by atoms with Crippen LogP contribution < -0.4 is 0 Å². The summed E-state index contributed by atoms with van der Waals surface area (Å²) in [5.74, 6) is -0.187. The summed E-state index contributed by atoms with van der Waals surface area (Å²) in [6.45, 7) is 1.97. The highest BCUT2D eigenvalue weighted by molar-refractivity contribution is 6.38. The maximum atomic E-state index is 12.5. The molecule has 2 nitrogen and oxygen atoms in total. The van der Waals surface area contributed by atoms with E-state index in [2.05, 4.69) is 0 Å². The standard InChI is InChI=1S/C17H12O2/c1-11-5-4-6-12(9-11)15-10-16(18)13-7-2-3-8-14(13)17(15)19/h2-10H,1H3. The van der Waals surface area contributed by atoms with Crippen LogP contribution in [0, 0.1) is 6.92 Å². The molecule has 0 heterocycles. The normalized spacial score (nSPS) is 14.1. The maximum absolute atomic E-state index is 12.5. The third kappa shape index (κ3) is 1.91. The predicted octanol–water partition coefficient (Wildman–Crippen LogP) is 3.46. The van der Waals surface area contributed by atoms with Crippen molar-refractivity contribution in [2.45, 2.75) is 6.92 Å². The van der Waals surface area contributed by atoms with Crippen molar-refractivity contribution in [3.63, 3.8) is 0 Å². The number of carbonyl (C=O) groups is 2.